The summed E-state index contributed by atoms with van der Waals surface area (Å²) in [5.74, 6) is 0.847. The summed E-state index contributed by atoms with van der Waals surface area (Å²) in [7, 11) is 0. The smallest absolute Gasteiger partial charge is 0.143 e. The van der Waals surface area contributed by atoms with E-state index in [4.69, 9.17) is 4.74 Å². The second-order valence-corrected chi connectivity index (χ2v) is 10.2. The highest BCUT2D eigenvalue weighted by atomic mass is 16.5. The normalized spacial score (nSPS) is 12.3. The van der Waals surface area contributed by atoms with Gasteiger partial charge in [-0.05, 0) is 78.9 Å². The maximum absolute atomic E-state index is 6.12. The third kappa shape index (κ3) is 9.61. The first-order chi connectivity index (χ1) is 21.6. The SMILES string of the molecule is C=C(/C=C\C(=C/C)N(c1ccc(/C=C/C=C/c2ccccc2)cc1)c1ccc(C)cc1OCC)/C=C/C=C/c1ccccc1. The molecule has 0 N–H and O–H groups in total. The molecule has 44 heavy (non-hydrogen) atoms. The van der Waals surface area contributed by atoms with Gasteiger partial charge in [0, 0.05) is 11.4 Å². The minimum absolute atomic E-state index is 0.587. The molecule has 0 bridgehead atoms. The number of ether oxygens (including phenoxy) is 1. The van der Waals surface area contributed by atoms with Gasteiger partial charge < -0.3 is 9.64 Å². The quantitative estimate of drug-likeness (QED) is 0.147. The zero-order chi connectivity index (χ0) is 31.0. The molecule has 0 aliphatic carbocycles. The average molecular weight is 576 g/mol. The number of rotatable bonds is 13. The fourth-order valence-electron chi connectivity index (χ4n) is 4.59. The summed E-state index contributed by atoms with van der Waals surface area (Å²) in [6.45, 7) is 11.0. The number of allylic oxidation sites excluding steroid dienone is 9. The van der Waals surface area contributed by atoms with Crippen LogP contribution in [0.2, 0.25) is 0 Å². The van der Waals surface area contributed by atoms with Crippen LogP contribution in [0.4, 0.5) is 11.4 Å². The second kappa shape index (κ2) is 16.9. The predicted octanol–water partition coefficient (Wildman–Crippen LogP) is 11.5. The molecule has 4 rings (SSSR count). The highest BCUT2D eigenvalue weighted by molar-refractivity contribution is 5.76. The Hall–Kier alpha value is -5.34. The van der Waals surface area contributed by atoms with Gasteiger partial charge in [-0.2, -0.15) is 0 Å². The lowest BCUT2D eigenvalue weighted by atomic mass is 10.1. The minimum atomic E-state index is 0.587. The Labute approximate surface area is 263 Å². The molecule has 0 amide bonds. The molecule has 2 heteroatoms. The summed E-state index contributed by atoms with van der Waals surface area (Å²) in [6, 6.07) is 35.5. The number of nitrogens with zero attached hydrogens (tertiary/aromatic N) is 1. The van der Waals surface area contributed by atoms with Crippen LogP contribution >= 0.6 is 0 Å². The summed E-state index contributed by atoms with van der Waals surface area (Å²) in [6.07, 6.45) is 22.8. The summed E-state index contributed by atoms with van der Waals surface area (Å²) in [4.78, 5) is 2.23. The van der Waals surface area contributed by atoms with E-state index < -0.39 is 0 Å². The van der Waals surface area contributed by atoms with E-state index in [9.17, 15) is 0 Å². The van der Waals surface area contributed by atoms with Crippen LogP contribution in [0.3, 0.4) is 0 Å². The molecule has 0 spiro atoms. The number of hydrogen-bond donors (Lipinski definition) is 0. The van der Waals surface area contributed by atoms with Gasteiger partial charge in [-0.25, -0.2) is 0 Å². The largest absolute Gasteiger partial charge is 0.492 e. The monoisotopic (exact) mass is 575 g/mol. The van der Waals surface area contributed by atoms with Gasteiger partial charge in [0.15, 0.2) is 0 Å². The Kier molecular flexibility index (Phi) is 12.2. The Morgan fingerprint density at radius 2 is 1.25 bits per heavy atom. The molecular weight excluding hydrogens is 534 g/mol. The summed E-state index contributed by atoms with van der Waals surface area (Å²) < 4.78 is 6.12. The van der Waals surface area contributed by atoms with Gasteiger partial charge in [-0.15, -0.1) is 0 Å². The minimum Gasteiger partial charge on any atom is -0.492 e. The van der Waals surface area contributed by atoms with E-state index in [0.717, 1.165) is 39.5 Å². The Balaban J connectivity index is 1.58. The highest BCUT2D eigenvalue weighted by Crippen LogP contribution is 2.38. The predicted molar refractivity (Wildman–Crippen MR) is 192 cm³/mol. The van der Waals surface area contributed by atoms with Gasteiger partial charge >= 0.3 is 0 Å². The topological polar surface area (TPSA) is 12.5 Å². The molecule has 220 valence electrons. The lowest BCUT2D eigenvalue weighted by Gasteiger charge is -2.28. The van der Waals surface area contributed by atoms with E-state index in [1.807, 2.05) is 67.6 Å². The van der Waals surface area contributed by atoms with Crippen LogP contribution in [0.5, 0.6) is 5.75 Å². The van der Waals surface area contributed by atoms with Crippen molar-refractivity contribution < 1.29 is 4.74 Å². The number of aryl methyl sites for hydroxylation is 1. The molecule has 0 atom stereocenters. The fourth-order valence-corrected chi connectivity index (χ4v) is 4.59. The molecule has 0 saturated carbocycles. The van der Waals surface area contributed by atoms with Gasteiger partial charge in [-0.1, -0.05) is 146 Å². The molecule has 0 saturated heterocycles. The van der Waals surface area contributed by atoms with Gasteiger partial charge in [0.05, 0.1) is 12.3 Å². The Morgan fingerprint density at radius 1 is 0.682 bits per heavy atom. The van der Waals surface area contributed by atoms with Crippen LogP contribution in [-0.2, 0) is 0 Å². The van der Waals surface area contributed by atoms with Crippen molar-refractivity contribution in [3.05, 3.63) is 192 Å². The van der Waals surface area contributed by atoms with Crippen LogP contribution in [0.25, 0.3) is 18.2 Å². The highest BCUT2D eigenvalue weighted by Gasteiger charge is 2.17. The van der Waals surface area contributed by atoms with Crippen LogP contribution in [0, 0.1) is 6.92 Å². The van der Waals surface area contributed by atoms with Crippen molar-refractivity contribution in [2.75, 3.05) is 11.5 Å². The van der Waals surface area contributed by atoms with Gasteiger partial charge in [-0.3, -0.25) is 0 Å². The zero-order valence-corrected chi connectivity index (χ0v) is 25.9. The van der Waals surface area contributed by atoms with Gasteiger partial charge in [0.25, 0.3) is 0 Å². The van der Waals surface area contributed by atoms with Crippen LogP contribution in [-0.4, -0.2) is 6.61 Å². The van der Waals surface area contributed by atoms with Crippen molar-refractivity contribution in [2.24, 2.45) is 0 Å². The maximum atomic E-state index is 6.12. The van der Waals surface area contributed by atoms with Crippen LogP contribution in [0.1, 0.15) is 36.1 Å². The molecule has 0 aromatic heterocycles. The molecule has 0 aliphatic rings. The van der Waals surface area contributed by atoms with E-state index in [1.54, 1.807) is 0 Å². The summed E-state index contributed by atoms with van der Waals surface area (Å²) in [5.41, 5.74) is 8.56. The second-order valence-electron chi connectivity index (χ2n) is 10.2. The lowest BCUT2D eigenvalue weighted by Crippen LogP contribution is -2.16. The molecule has 0 fully saturated rings. The van der Waals surface area contributed by atoms with E-state index in [1.165, 1.54) is 11.1 Å². The molecule has 0 radical (unpaired) electrons. The van der Waals surface area contributed by atoms with Crippen molar-refractivity contribution in [2.45, 2.75) is 20.8 Å². The first-order valence-electron chi connectivity index (χ1n) is 15.0. The molecule has 4 aromatic carbocycles. The van der Waals surface area contributed by atoms with E-state index in [-0.39, 0.29) is 0 Å². The Morgan fingerprint density at radius 3 is 1.82 bits per heavy atom. The summed E-state index contributed by atoms with van der Waals surface area (Å²) in [5, 5.41) is 0. The van der Waals surface area contributed by atoms with Crippen molar-refractivity contribution in [1.29, 1.82) is 0 Å². The molecule has 0 aliphatic heterocycles. The third-order valence-electron chi connectivity index (χ3n) is 6.83. The Bertz CT molecular complexity index is 1670. The number of benzene rings is 4. The van der Waals surface area contributed by atoms with E-state index >= 15 is 0 Å². The number of anilines is 2. The van der Waals surface area contributed by atoms with Crippen LogP contribution < -0.4 is 9.64 Å². The van der Waals surface area contributed by atoms with Crippen molar-refractivity contribution in [1.82, 2.24) is 0 Å². The van der Waals surface area contributed by atoms with E-state index in [2.05, 4.69) is 135 Å². The third-order valence-corrected chi connectivity index (χ3v) is 6.83. The fraction of sp³-hybridized carbons (Fsp3) is 0.0952. The molecule has 4 aromatic rings. The van der Waals surface area contributed by atoms with Gasteiger partial charge in [0.1, 0.15) is 5.75 Å². The zero-order valence-electron chi connectivity index (χ0n) is 25.9. The first kappa shape index (κ1) is 31.6. The van der Waals surface area contributed by atoms with Crippen molar-refractivity contribution in [3.63, 3.8) is 0 Å². The molecule has 2 nitrogen and oxygen atoms in total. The first-order valence-corrected chi connectivity index (χ1v) is 15.0. The van der Waals surface area contributed by atoms with Gasteiger partial charge in [0.2, 0.25) is 0 Å². The molecule has 0 heterocycles. The summed E-state index contributed by atoms with van der Waals surface area (Å²) >= 11 is 0. The van der Waals surface area contributed by atoms with Crippen molar-refractivity contribution >= 4 is 29.6 Å². The maximum Gasteiger partial charge on any atom is 0.143 e. The number of hydrogen-bond acceptors (Lipinski definition) is 2. The van der Waals surface area contributed by atoms with Crippen molar-refractivity contribution in [3.8, 4) is 5.75 Å². The molecule has 0 unspecified atom stereocenters. The van der Waals surface area contributed by atoms with E-state index in [0.29, 0.717) is 6.61 Å². The average Bonchev–Trinajstić information content (AvgIpc) is 3.05. The lowest BCUT2D eigenvalue weighted by molar-refractivity contribution is 0.341. The standard InChI is InChI=1S/C42H41NO/c1-5-39(29-25-34(3)17-13-14-22-36-18-9-7-10-19-36)43(41-32-26-35(4)33-42(41)44-6-2)40-30-27-38(28-31-40)24-16-15-23-37-20-11-8-12-21-37/h5,7-33H,3,6H2,1-2,4H3/b17-13+,22-14+,23-15+,24-16+,29-25-,39-5+. The van der Waals surface area contributed by atoms with Crippen LogP contribution in [0.15, 0.2) is 170 Å². The molecular formula is C42H41NO.